The van der Waals surface area contributed by atoms with Gasteiger partial charge in [-0.2, -0.15) is 0 Å². The molecular weight excluding hydrogens is 172 g/mol. The third kappa shape index (κ3) is 1.07. The van der Waals surface area contributed by atoms with Gasteiger partial charge in [-0.1, -0.05) is 12.1 Å². The van der Waals surface area contributed by atoms with Gasteiger partial charge < -0.3 is 11.1 Å². The summed E-state index contributed by atoms with van der Waals surface area (Å²) < 4.78 is 0. The SMILES string of the molecule is Nc1ccc(C23CCNCC2C3)cc1. The van der Waals surface area contributed by atoms with Crippen LogP contribution in [0.1, 0.15) is 18.4 Å². The Hall–Kier alpha value is -1.02. The number of hydrogen-bond acceptors (Lipinski definition) is 2. The van der Waals surface area contributed by atoms with Gasteiger partial charge in [-0.25, -0.2) is 0 Å². The molecule has 1 saturated carbocycles. The maximum atomic E-state index is 5.70. The smallest absolute Gasteiger partial charge is 0.0314 e. The molecule has 0 amide bonds. The third-order valence-corrected chi connectivity index (χ3v) is 3.86. The first kappa shape index (κ1) is 8.30. The first-order chi connectivity index (χ1) is 6.81. The maximum absolute atomic E-state index is 5.70. The molecule has 2 unspecified atom stereocenters. The Kier molecular flexibility index (Phi) is 1.62. The van der Waals surface area contributed by atoms with Gasteiger partial charge in [-0.3, -0.25) is 0 Å². The highest BCUT2D eigenvalue weighted by Gasteiger charge is 2.55. The lowest BCUT2D eigenvalue weighted by molar-refractivity contribution is 0.445. The quantitative estimate of drug-likeness (QED) is 0.656. The number of hydrogen-bond donors (Lipinski definition) is 2. The van der Waals surface area contributed by atoms with Gasteiger partial charge in [-0.15, -0.1) is 0 Å². The van der Waals surface area contributed by atoms with Crippen molar-refractivity contribution in [3.05, 3.63) is 29.8 Å². The van der Waals surface area contributed by atoms with Crippen LogP contribution in [0.3, 0.4) is 0 Å². The predicted octanol–water partition coefficient (Wildman–Crippen LogP) is 1.52. The zero-order chi connectivity index (χ0) is 9.60. The Balaban J connectivity index is 1.92. The largest absolute Gasteiger partial charge is 0.399 e. The van der Waals surface area contributed by atoms with Crippen molar-refractivity contribution in [2.45, 2.75) is 18.3 Å². The van der Waals surface area contributed by atoms with Crippen LogP contribution in [0.25, 0.3) is 0 Å². The van der Waals surface area contributed by atoms with Crippen molar-refractivity contribution in [3.63, 3.8) is 0 Å². The van der Waals surface area contributed by atoms with Gasteiger partial charge in [0, 0.05) is 11.1 Å². The molecule has 1 heterocycles. The summed E-state index contributed by atoms with van der Waals surface area (Å²) in [5, 5.41) is 3.46. The van der Waals surface area contributed by atoms with Crippen LogP contribution >= 0.6 is 0 Å². The summed E-state index contributed by atoms with van der Waals surface area (Å²) in [5.41, 5.74) is 8.58. The standard InChI is InChI=1S/C12H16N2/c13-11-3-1-9(2-4-11)12-5-6-14-8-10(12)7-12/h1-4,10,14H,5-8,13H2. The normalized spacial score (nSPS) is 35.0. The van der Waals surface area contributed by atoms with Crippen molar-refractivity contribution in [3.8, 4) is 0 Å². The monoisotopic (exact) mass is 188 g/mol. The van der Waals surface area contributed by atoms with Crippen LogP contribution in [0.5, 0.6) is 0 Å². The topological polar surface area (TPSA) is 38.0 Å². The summed E-state index contributed by atoms with van der Waals surface area (Å²) in [6.07, 6.45) is 2.66. The summed E-state index contributed by atoms with van der Waals surface area (Å²) >= 11 is 0. The number of nitrogens with two attached hydrogens (primary N) is 1. The number of fused-ring (bicyclic) bond motifs is 1. The Labute approximate surface area is 84.5 Å². The zero-order valence-corrected chi connectivity index (χ0v) is 8.29. The maximum Gasteiger partial charge on any atom is 0.0314 e. The fourth-order valence-electron chi connectivity index (χ4n) is 2.86. The van der Waals surface area contributed by atoms with Gasteiger partial charge in [0.25, 0.3) is 0 Å². The van der Waals surface area contributed by atoms with E-state index in [1.807, 2.05) is 12.1 Å². The number of nitrogens with one attached hydrogen (secondary N) is 1. The molecule has 3 N–H and O–H groups in total. The van der Waals surface area contributed by atoms with E-state index < -0.39 is 0 Å². The van der Waals surface area contributed by atoms with E-state index in [2.05, 4.69) is 17.4 Å². The van der Waals surface area contributed by atoms with E-state index in [-0.39, 0.29) is 0 Å². The molecule has 2 heteroatoms. The van der Waals surface area contributed by atoms with Crippen molar-refractivity contribution in [1.29, 1.82) is 0 Å². The molecule has 1 aromatic rings. The second kappa shape index (κ2) is 2.74. The van der Waals surface area contributed by atoms with Gasteiger partial charge in [0.2, 0.25) is 0 Å². The molecular formula is C12H16N2. The van der Waals surface area contributed by atoms with Gasteiger partial charge in [-0.05, 0) is 49.5 Å². The van der Waals surface area contributed by atoms with Crippen LogP contribution in [0.4, 0.5) is 5.69 Å². The lowest BCUT2D eigenvalue weighted by atomic mass is 9.88. The first-order valence-electron chi connectivity index (χ1n) is 5.38. The number of anilines is 1. The van der Waals surface area contributed by atoms with Crippen molar-refractivity contribution >= 4 is 5.69 Å². The highest BCUT2D eigenvalue weighted by molar-refractivity contribution is 5.44. The molecule has 0 radical (unpaired) electrons. The zero-order valence-electron chi connectivity index (χ0n) is 8.29. The number of benzene rings is 1. The predicted molar refractivity (Wildman–Crippen MR) is 58.1 cm³/mol. The Bertz CT molecular complexity index is 344. The van der Waals surface area contributed by atoms with Crippen LogP contribution < -0.4 is 11.1 Å². The van der Waals surface area contributed by atoms with E-state index in [9.17, 15) is 0 Å². The number of nitrogen functional groups attached to an aromatic ring is 1. The van der Waals surface area contributed by atoms with Crippen LogP contribution in [0.2, 0.25) is 0 Å². The Morgan fingerprint density at radius 2 is 2.07 bits per heavy atom. The second-order valence-corrected chi connectivity index (χ2v) is 4.63. The fourth-order valence-corrected chi connectivity index (χ4v) is 2.86. The van der Waals surface area contributed by atoms with Crippen molar-refractivity contribution in [2.75, 3.05) is 18.8 Å². The van der Waals surface area contributed by atoms with Crippen LogP contribution in [0.15, 0.2) is 24.3 Å². The van der Waals surface area contributed by atoms with Crippen molar-refractivity contribution in [2.24, 2.45) is 5.92 Å². The minimum Gasteiger partial charge on any atom is -0.399 e. The minimum atomic E-state index is 0.513. The van der Waals surface area contributed by atoms with E-state index in [0.717, 1.165) is 11.6 Å². The summed E-state index contributed by atoms with van der Waals surface area (Å²) in [7, 11) is 0. The van der Waals surface area contributed by atoms with E-state index in [1.165, 1.54) is 31.5 Å². The minimum absolute atomic E-state index is 0.513. The average Bonchev–Trinajstić information content (AvgIpc) is 2.94. The molecule has 2 atom stereocenters. The highest BCUT2D eigenvalue weighted by Crippen LogP contribution is 2.57. The van der Waals surface area contributed by atoms with E-state index >= 15 is 0 Å². The fraction of sp³-hybridized carbons (Fsp3) is 0.500. The molecule has 1 aliphatic carbocycles. The molecule has 1 aliphatic heterocycles. The summed E-state index contributed by atoms with van der Waals surface area (Å²) in [4.78, 5) is 0. The van der Waals surface area contributed by atoms with Crippen LogP contribution in [0, 0.1) is 5.92 Å². The lowest BCUT2D eigenvalue weighted by Crippen LogP contribution is -2.31. The van der Waals surface area contributed by atoms with Gasteiger partial charge >= 0.3 is 0 Å². The first-order valence-corrected chi connectivity index (χ1v) is 5.38. The van der Waals surface area contributed by atoms with Crippen molar-refractivity contribution in [1.82, 2.24) is 5.32 Å². The molecule has 2 fully saturated rings. The Morgan fingerprint density at radius 1 is 1.29 bits per heavy atom. The molecule has 0 aromatic heterocycles. The molecule has 1 aromatic carbocycles. The van der Waals surface area contributed by atoms with E-state index in [1.54, 1.807) is 0 Å². The summed E-state index contributed by atoms with van der Waals surface area (Å²) in [5.74, 6) is 0.875. The molecule has 2 aliphatic rings. The van der Waals surface area contributed by atoms with Gasteiger partial charge in [0.05, 0.1) is 0 Å². The van der Waals surface area contributed by atoms with Gasteiger partial charge in [0.1, 0.15) is 0 Å². The molecule has 0 spiro atoms. The highest BCUT2D eigenvalue weighted by atomic mass is 14.9. The van der Waals surface area contributed by atoms with Crippen molar-refractivity contribution < 1.29 is 0 Å². The molecule has 3 rings (SSSR count). The Morgan fingerprint density at radius 3 is 2.79 bits per heavy atom. The third-order valence-electron chi connectivity index (χ3n) is 3.86. The van der Waals surface area contributed by atoms with Crippen LogP contribution in [-0.2, 0) is 5.41 Å². The number of rotatable bonds is 1. The number of piperidine rings is 1. The molecule has 0 bridgehead atoms. The van der Waals surface area contributed by atoms with E-state index in [0.29, 0.717) is 5.41 Å². The van der Waals surface area contributed by atoms with Gasteiger partial charge in [0.15, 0.2) is 0 Å². The molecule has 2 nitrogen and oxygen atoms in total. The molecule has 1 saturated heterocycles. The van der Waals surface area contributed by atoms with Crippen LogP contribution in [-0.4, -0.2) is 13.1 Å². The molecule has 74 valence electrons. The molecule has 14 heavy (non-hydrogen) atoms. The summed E-state index contributed by atoms with van der Waals surface area (Å²) in [6, 6.07) is 8.48. The average molecular weight is 188 g/mol. The van der Waals surface area contributed by atoms with E-state index in [4.69, 9.17) is 5.73 Å². The second-order valence-electron chi connectivity index (χ2n) is 4.63. The lowest BCUT2D eigenvalue weighted by Gasteiger charge is -2.23. The summed E-state index contributed by atoms with van der Waals surface area (Å²) in [6.45, 7) is 2.37.